The lowest BCUT2D eigenvalue weighted by atomic mass is 10.2. The van der Waals surface area contributed by atoms with Gasteiger partial charge in [0.1, 0.15) is 4.88 Å². The second-order valence-electron chi connectivity index (χ2n) is 5.36. The van der Waals surface area contributed by atoms with Crippen LogP contribution in [0.4, 0.5) is 0 Å². The highest BCUT2D eigenvalue weighted by molar-refractivity contribution is 7.21. The first kappa shape index (κ1) is 16.2. The minimum absolute atomic E-state index is 0.0733. The lowest BCUT2D eigenvalue weighted by molar-refractivity contribution is -0.120. The molecule has 1 saturated heterocycles. The molecule has 0 aliphatic carbocycles. The largest absolute Gasteiger partial charge is 0.376 e. The number of carbonyl (C=O) groups is 2. The van der Waals surface area contributed by atoms with Gasteiger partial charge in [-0.3, -0.25) is 9.59 Å². The Morgan fingerprint density at radius 3 is 2.87 bits per heavy atom. The van der Waals surface area contributed by atoms with Crippen LogP contribution in [0.25, 0.3) is 10.1 Å². The van der Waals surface area contributed by atoms with Crippen LogP contribution < -0.4 is 10.6 Å². The first-order valence-corrected chi connectivity index (χ1v) is 8.68. The van der Waals surface area contributed by atoms with E-state index in [1.54, 1.807) is 0 Å². The van der Waals surface area contributed by atoms with Crippen molar-refractivity contribution in [3.63, 3.8) is 0 Å². The highest BCUT2D eigenvalue weighted by Crippen LogP contribution is 2.34. The second-order valence-corrected chi connectivity index (χ2v) is 6.79. The summed E-state index contributed by atoms with van der Waals surface area (Å²) in [6, 6.07) is 7.56. The Balaban J connectivity index is 1.53. The Labute approximate surface area is 143 Å². The van der Waals surface area contributed by atoms with Crippen molar-refractivity contribution in [3.05, 3.63) is 34.2 Å². The van der Waals surface area contributed by atoms with E-state index in [0.717, 1.165) is 29.5 Å². The predicted octanol–water partition coefficient (Wildman–Crippen LogP) is 2.58. The fraction of sp³-hybridized carbons (Fsp3) is 0.375. The number of nitrogens with one attached hydrogen (secondary N) is 2. The maximum atomic E-state index is 12.2. The van der Waals surface area contributed by atoms with Gasteiger partial charge in [-0.1, -0.05) is 29.8 Å². The van der Waals surface area contributed by atoms with Gasteiger partial charge in [0, 0.05) is 23.2 Å². The van der Waals surface area contributed by atoms with Gasteiger partial charge in [0.2, 0.25) is 5.91 Å². The highest BCUT2D eigenvalue weighted by atomic mass is 35.5. The number of hydrogen-bond donors (Lipinski definition) is 2. The van der Waals surface area contributed by atoms with E-state index in [0.29, 0.717) is 16.4 Å². The molecule has 1 atom stereocenters. The summed E-state index contributed by atoms with van der Waals surface area (Å²) >= 11 is 7.57. The number of benzene rings is 1. The van der Waals surface area contributed by atoms with E-state index in [9.17, 15) is 9.59 Å². The Morgan fingerprint density at radius 2 is 2.13 bits per heavy atom. The van der Waals surface area contributed by atoms with Crippen molar-refractivity contribution in [1.82, 2.24) is 10.6 Å². The van der Waals surface area contributed by atoms with Crippen LogP contribution >= 0.6 is 22.9 Å². The van der Waals surface area contributed by atoms with Gasteiger partial charge in [-0.15, -0.1) is 11.3 Å². The van der Waals surface area contributed by atoms with Gasteiger partial charge in [0.25, 0.3) is 5.91 Å². The van der Waals surface area contributed by atoms with E-state index in [1.807, 2.05) is 24.3 Å². The molecule has 122 valence electrons. The van der Waals surface area contributed by atoms with E-state index < -0.39 is 0 Å². The summed E-state index contributed by atoms with van der Waals surface area (Å²) in [6.45, 7) is 1.16. The van der Waals surface area contributed by atoms with E-state index in [1.165, 1.54) is 11.3 Å². The molecule has 5 nitrogen and oxygen atoms in total. The van der Waals surface area contributed by atoms with Gasteiger partial charge in [0.05, 0.1) is 17.7 Å². The summed E-state index contributed by atoms with van der Waals surface area (Å²) in [7, 11) is 0. The lowest BCUT2D eigenvalue weighted by Crippen LogP contribution is -2.39. The molecule has 3 rings (SSSR count). The third kappa shape index (κ3) is 3.83. The van der Waals surface area contributed by atoms with Crippen LogP contribution in [0, 0.1) is 0 Å². The molecule has 2 heterocycles. The van der Waals surface area contributed by atoms with Crippen molar-refractivity contribution in [2.24, 2.45) is 0 Å². The Hall–Kier alpha value is -1.63. The normalized spacial score (nSPS) is 17.3. The number of rotatable bonds is 5. The van der Waals surface area contributed by atoms with E-state index >= 15 is 0 Å². The molecular weight excluding hydrogens is 336 g/mol. The van der Waals surface area contributed by atoms with E-state index in [2.05, 4.69) is 10.6 Å². The number of amides is 2. The minimum Gasteiger partial charge on any atom is -0.376 e. The molecule has 2 aromatic rings. The molecule has 0 radical (unpaired) electrons. The first-order valence-electron chi connectivity index (χ1n) is 7.48. The van der Waals surface area contributed by atoms with Crippen molar-refractivity contribution in [2.45, 2.75) is 18.9 Å². The SMILES string of the molecule is O=C(CNC(=O)c1sc2ccccc2c1Cl)NC[C@H]1CCCO1. The van der Waals surface area contributed by atoms with Gasteiger partial charge in [-0.2, -0.15) is 0 Å². The Kier molecular flexibility index (Phi) is 5.15. The molecule has 0 unspecified atom stereocenters. The standard InChI is InChI=1S/C16H17ClN2O3S/c17-14-11-5-1-2-6-12(11)23-15(14)16(21)19-9-13(20)18-8-10-4-3-7-22-10/h1-2,5-6,10H,3-4,7-9H2,(H,18,20)(H,19,21)/t10-/m1/s1. The molecule has 1 aliphatic heterocycles. The van der Waals surface area contributed by atoms with Gasteiger partial charge in [-0.25, -0.2) is 0 Å². The highest BCUT2D eigenvalue weighted by Gasteiger charge is 2.19. The first-order chi connectivity index (χ1) is 11.1. The van der Waals surface area contributed by atoms with Crippen LogP contribution in [0.15, 0.2) is 24.3 Å². The van der Waals surface area contributed by atoms with Crippen molar-refractivity contribution >= 4 is 44.8 Å². The Morgan fingerprint density at radius 1 is 1.30 bits per heavy atom. The quantitative estimate of drug-likeness (QED) is 0.869. The molecule has 2 N–H and O–H groups in total. The lowest BCUT2D eigenvalue weighted by Gasteiger charge is -2.11. The summed E-state index contributed by atoms with van der Waals surface area (Å²) in [5, 5.41) is 6.66. The molecule has 0 spiro atoms. The van der Waals surface area contributed by atoms with Crippen LogP contribution in [0.5, 0.6) is 0 Å². The van der Waals surface area contributed by atoms with Crippen LogP contribution in [0.3, 0.4) is 0 Å². The van der Waals surface area contributed by atoms with Crippen LogP contribution in [0.2, 0.25) is 5.02 Å². The monoisotopic (exact) mass is 352 g/mol. The van der Waals surface area contributed by atoms with Gasteiger partial charge in [0.15, 0.2) is 0 Å². The molecule has 23 heavy (non-hydrogen) atoms. The molecule has 0 saturated carbocycles. The molecule has 1 aliphatic rings. The second kappa shape index (κ2) is 7.29. The average Bonchev–Trinajstić information content (AvgIpc) is 3.19. The summed E-state index contributed by atoms with van der Waals surface area (Å²) in [5.41, 5.74) is 0. The maximum absolute atomic E-state index is 12.2. The third-order valence-electron chi connectivity index (χ3n) is 3.70. The molecular formula is C16H17ClN2O3S. The van der Waals surface area contributed by atoms with Crippen LogP contribution in [0.1, 0.15) is 22.5 Å². The smallest absolute Gasteiger partial charge is 0.263 e. The van der Waals surface area contributed by atoms with Crippen molar-refractivity contribution < 1.29 is 14.3 Å². The fourth-order valence-electron chi connectivity index (χ4n) is 2.50. The summed E-state index contributed by atoms with van der Waals surface area (Å²) in [6.07, 6.45) is 2.08. The fourth-order valence-corrected chi connectivity index (χ4v) is 3.93. The number of hydrogen-bond acceptors (Lipinski definition) is 4. The van der Waals surface area contributed by atoms with Crippen molar-refractivity contribution in [1.29, 1.82) is 0 Å². The average molecular weight is 353 g/mol. The molecule has 1 aromatic heterocycles. The van der Waals surface area contributed by atoms with E-state index in [4.69, 9.17) is 16.3 Å². The Bertz CT molecular complexity index is 725. The molecule has 1 aromatic carbocycles. The topological polar surface area (TPSA) is 67.4 Å². The minimum atomic E-state index is -0.330. The van der Waals surface area contributed by atoms with E-state index in [-0.39, 0.29) is 24.5 Å². The zero-order valence-electron chi connectivity index (χ0n) is 12.4. The summed E-state index contributed by atoms with van der Waals surface area (Å²) < 4.78 is 6.38. The van der Waals surface area contributed by atoms with Crippen molar-refractivity contribution in [3.8, 4) is 0 Å². The molecule has 7 heteroatoms. The summed E-state index contributed by atoms with van der Waals surface area (Å²) in [4.78, 5) is 24.4. The number of ether oxygens (including phenoxy) is 1. The van der Waals surface area contributed by atoms with Crippen LogP contribution in [-0.2, 0) is 9.53 Å². The number of halogens is 1. The molecule has 2 amide bonds. The number of carbonyl (C=O) groups excluding carboxylic acids is 2. The van der Waals surface area contributed by atoms with Gasteiger partial charge in [-0.05, 0) is 18.9 Å². The van der Waals surface area contributed by atoms with Gasteiger partial charge < -0.3 is 15.4 Å². The zero-order chi connectivity index (χ0) is 16.2. The zero-order valence-corrected chi connectivity index (χ0v) is 14.0. The molecule has 0 bridgehead atoms. The molecule has 1 fully saturated rings. The predicted molar refractivity (Wildman–Crippen MR) is 91.2 cm³/mol. The summed E-state index contributed by atoms with van der Waals surface area (Å²) in [5.74, 6) is -0.561. The number of thiophene rings is 1. The van der Waals surface area contributed by atoms with Gasteiger partial charge >= 0.3 is 0 Å². The van der Waals surface area contributed by atoms with Crippen molar-refractivity contribution in [2.75, 3.05) is 19.7 Å². The van der Waals surface area contributed by atoms with Crippen LogP contribution in [-0.4, -0.2) is 37.6 Å². The third-order valence-corrected chi connectivity index (χ3v) is 5.38. The maximum Gasteiger partial charge on any atom is 0.263 e. The number of fused-ring (bicyclic) bond motifs is 1.